The molecule has 0 aliphatic carbocycles. The Morgan fingerprint density at radius 2 is 1.95 bits per heavy atom. The van der Waals surface area contributed by atoms with Crippen LogP contribution >= 0.6 is 11.6 Å². The first-order valence-corrected chi connectivity index (χ1v) is 6.72. The van der Waals surface area contributed by atoms with E-state index >= 15 is 0 Å². The van der Waals surface area contributed by atoms with Crippen molar-refractivity contribution < 1.29 is 4.79 Å². The summed E-state index contributed by atoms with van der Waals surface area (Å²) in [5.74, 6) is -0.254. The van der Waals surface area contributed by atoms with Gasteiger partial charge in [-0.2, -0.15) is 0 Å². The number of carbonyl (C=O) groups excluding carboxylic acids is 1. The van der Waals surface area contributed by atoms with Crippen molar-refractivity contribution in [2.45, 2.75) is 0 Å². The van der Waals surface area contributed by atoms with Crippen LogP contribution in [0.1, 0.15) is 10.4 Å². The van der Waals surface area contributed by atoms with Gasteiger partial charge in [-0.3, -0.25) is 9.78 Å². The van der Waals surface area contributed by atoms with Crippen LogP contribution in [0.5, 0.6) is 0 Å². The van der Waals surface area contributed by atoms with E-state index in [0.717, 1.165) is 10.9 Å². The van der Waals surface area contributed by atoms with Gasteiger partial charge in [0.05, 0.1) is 28.1 Å². The number of hydrogen-bond acceptors (Lipinski definition) is 3. The van der Waals surface area contributed by atoms with Gasteiger partial charge < -0.3 is 11.1 Å². The van der Waals surface area contributed by atoms with Crippen molar-refractivity contribution in [3.63, 3.8) is 0 Å². The molecule has 104 valence electrons. The van der Waals surface area contributed by atoms with Gasteiger partial charge in [0.1, 0.15) is 0 Å². The van der Waals surface area contributed by atoms with E-state index < -0.39 is 0 Å². The molecule has 2 aromatic carbocycles. The number of anilines is 2. The molecule has 0 aliphatic rings. The minimum atomic E-state index is -0.254. The molecule has 0 aliphatic heterocycles. The third kappa shape index (κ3) is 2.80. The van der Waals surface area contributed by atoms with Gasteiger partial charge in [0, 0.05) is 10.9 Å². The summed E-state index contributed by atoms with van der Waals surface area (Å²) in [5.41, 5.74) is 8.04. The Morgan fingerprint density at radius 3 is 2.76 bits per heavy atom. The molecule has 4 nitrogen and oxygen atoms in total. The van der Waals surface area contributed by atoms with Crippen LogP contribution in [0, 0.1) is 0 Å². The zero-order valence-corrected chi connectivity index (χ0v) is 11.8. The Kier molecular flexibility index (Phi) is 3.46. The van der Waals surface area contributed by atoms with Crippen LogP contribution in [-0.2, 0) is 0 Å². The van der Waals surface area contributed by atoms with Gasteiger partial charge in [-0.25, -0.2) is 0 Å². The van der Waals surface area contributed by atoms with Crippen LogP contribution in [0.4, 0.5) is 11.4 Å². The van der Waals surface area contributed by atoms with Gasteiger partial charge >= 0.3 is 0 Å². The Bertz CT molecular complexity index is 833. The molecule has 0 saturated carbocycles. The lowest BCUT2D eigenvalue weighted by atomic mass is 10.1. The number of nitrogen functional groups attached to an aromatic ring is 1. The number of rotatable bonds is 2. The van der Waals surface area contributed by atoms with E-state index in [1.807, 2.05) is 30.3 Å². The van der Waals surface area contributed by atoms with Gasteiger partial charge in [0.15, 0.2) is 0 Å². The molecule has 1 amide bonds. The van der Waals surface area contributed by atoms with Crippen LogP contribution in [-0.4, -0.2) is 10.9 Å². The smallest absolute Gasteiger partial charge is 0.255 e. The van der Waals surface area contributed by atoms with Gasteiger partial charge in [0.25, 0.3) is 5.91 Å². The van der Waals surface area contributed by atoms with Crippen LogP contribution in [0.3, 0.4) is 0 Å². The van der Waals surface area contributed by atoms with Gasteiger partial charge in [0.2, 0.25) is 0 Å². The molecule has 0 radical (unpaired) electrons. The molecule has 3 N–H and O–H groups in total. The van der Waals surface area contributed by atoms with Crippen LogP contribution < -0.4 is 11.1 Å². The number of para-hydroxylation sites is 1. The van der Waals surface area contributed by atoms with Crippen molar-refractivity contribution in [2.75, 3.05) is 11.1 Å². The molecular weight excluding hydrogens is 286 g/mol. The second-order valence-electron chi connectivity index (χ2n) is 4.61. The first-order valence-electron chi connectivity index (χ1n) is 6.34. The van der Waals surface area contributed by atoms with Crippen LogP contribution in [0.2, 0.25) is 5.02 Å². The molecule has 0 unspecified atom stereocenters. The van der Waals surface area contributed by atoms with Crippen molar-refractivity contribution in [3.8, 4) is 0 Å². The topological polar surface area (TPSA) is 68.0 Å². The lowest BCUT2D eigenvalue weighted by Gasteiger charge is -2.07. The van der Waals surface area contributed by atoms with Gasteiger partial charge in [-0.1, -0.05) is 29.8 Å². The van der Waals surface area contributed by atoms with E-state index in [1.165, 1.54) is 0 Å². The molecule has 5 heteroatoms. The van der Waals surface area contributed by atoms with E-state index in [1.54, 1.807) is 24.4 Å². The Morgan fingerprint density at radius 1 is 1.14 bits per heavy atom. The summed E-state index contributed by atoms with van der Waals surface area (Å²) in [4.78, 5) is 16.5. The first-order chi connectivity index (χ1) is 10.1. The Hall–Kier alpha value is -2.59. The largest absolute Gasteiger partial charge is 0.398 e. The summed E-state index contributed by atoms with van der Waals surface area (Å²) >= 11 is 5.84. The summed E-state index contributed by atoms with van der Waals surface area (Å²) in [6, 6.07) is 14.4. The number of benzene rings is 2. The normalized spacial score (nSPS) is 10.5. The van der Waals surface area contributed by atoms with Crippen molar-refractivity contribution in [1.29, 1.82) is 0 Å². The van der Waals surface area contributed by atoms with E-state index in [-0.39, 0.29) is 5.91 Å². The highest BCUT2D eigenvalue weighted by molar-refractivity contribution is 6.33. The van der Waals surface area contributed by atoms with E-state index in [9.17, 15) is 4.79 Å². The minimum Gasteiger partial charge on any atom is -0.398 e. The lowest BCUT2D eigenvalue weighted by molar-refractivity contribution is 0.102. The summed E-state index contributed by atoms with van der Waals surface area (Å²) < 4.78 is 0. The van der Waals surface area contributed by atoms with Crippen molar-refractivity contribution in [3.05, 3.63) is 65.3 Å². The van der Waals surface area contributed by atoms with Gasteiger partial charge in [-0.05, 0) is 30.3 Å². The Labute approximate surface area is 126 Å². The number of nitrogens with one attached hydrogen (secondary N) is 1. The lowest BCUT2D eigenvalue weighted by Crippen LogP contribution is -2.12. The Balaban J connectivity index is 1.87. The highest BCUT2D eigenvalue weighted by atomic mass is 35.5. The molecule has 1 aromatic heterocycles. The minimum absolute atomic E-state index is 0.254. The zero-order valence-electron chi connectivity index (χ0n) is 11.0. The third-order valence-electron chi connectivity index (χ3n) is 3.11. The van der Waals surface area contributed by atoms with Crippen LogP contribution in [0.25, 0.3) is 10.9 Å². The maximum absolute atomic E-state index is 12.2. The summed E-state index contributed by atoms with van der Waals surface area (Å²) in [6.45, 7) is 0. The number of pyridine rings is 1. The molecule has 0 bridgehead atoms. The number of hydrogen-bond donors (Lipinski definition) is 2. The number of halogens is 1. The number of amides is 1. The first kappa shape index (κ1) is 13.4. The molecule has 0 fully saturated rings. The molecule has 3 aromatic rings. The standard InChI is InChI=1S/C16H12ClN3O/c17-13-6-5-11(8-14(13)18)16(21)20-12-7-10-3-1-2-4-15(10)19-9-12/h1-9H,18H2,(H,20,21). The van der Waals surface area contributed by atoms with Gasteiger partial charge in [-0.15, -0.1) is 0 Å². The number of fused-ring (bicyclic) bond motifs is 1. The maximum Gasteiger partial charge on any atom is 0.255 e. The van der Waals surface area contributed by atoms with E-state index in [0.29, 0.717) is 22.0 Å². The molecule has 0 spiro atoms. The number of nitrogens with zero attached hydrogens (tertiary/aromatic N) is 1. The summed E-state index contributed by atoms with van der Waals surface area (Å²) in [5, 5.41) is 4.19. The average molecular weight is 298 g/mol. The van der Waals surface area contributed by atoms with Crippen LogP contribution in [0.15, 0.2) is 54.7 Å². The zero-order chi connectivity index (χ0) is 14.8. The molecule has 3 rings (SSSR count). The summed E-state index contributed by atoms with van der Waals surface area (Å²) in [7, 11) is 0. The second-order valence-corrected chi connectivity index (χ2v) is 5.01. The number of carbonyl (C=O) groups is 1. The summed E-state index contributed by atoms with van der Waals surface area (Å²) in [6.07, 6.45) is 1.62. The molecule has 1 heterocycles. The number of nitrogens with two attached hydrogens (primary N) is 1. The second kappa shape index (κ2) is 5.42. The average Bonchev–Trinajstić information content (AvgIpc) is 2.50. The fraction of sp³-hybridized carbons (Fsp3) is 0. The predicted molar refractivity (Wildman–Crippen MR) is 85.6 cm³/mol. The fourth-order valence-corrected chi connectivity index (χ4v) is 2.15. The molecule has 0 atom stereocenters. The predicted octanol–water partition coefficient (Wildman–Crippen LogP) is 3.72. The van der Waals surface area contributed by atoms with Crippen molar-refractivity contribution >= 4 is 39.8 Å². The maximum atomic E-state index is 12.2. The quantitative estimate of drug-likeness (QED) is 0.708. The molecular formula is C16H12ClN3O. The fourth-order valence-electron chi connectivity index (χ4n) is 2.03. The van der Waals surface area contributed by atoms with Crippen molar-refractivity contribution in [1.82, 2.24) is 4.98 Å². The van der Waals surface area contributed by atoms with E-state index in [4.69, 9.17) is 17.3 Å². The van der Waals surface area contributed by atoms with E-state index in [2.05, 4.69) is 10.3 Å². The highest BCUT2D eigenvalue weighted by Gasteiger charge is 2.08. The molecule has 0 saturated heterocycles. The van der Waals surface area contributed by atoms with Crippen molar-refractivity contribution in [2.24, 2.45) is 0 Å². The number of aromatic nitrogens is 1. The molecule has 21 heavy (non-hydrogen) atoms. The third-order valence-corrected chi connectivity index (χ3v) is 3.45. The monoisotopic (exact) mass is 297 g/mol. The highest BCUT2D eigenvalue weighted by Crippen LogP contribution is 2.21. The SMILES string of the molecule is Nc1cc(C(=O)Nc2cnc3ccccc3c2)ccc1Cl.